The summed E-state index contributed by atoms with van der Waals surface area (Å²) in [4.78, 5) is 7.63. The molecule has 2 rings (SSSR count). The summed E-state index contributed by atoms with van der Waals surface area (Å²) < 4.78 is 0.750. The van der Waals surface area contributed by atoms with Gasteiger partial charge in [0.25, 0.3) is 0 Å². The molecule has 0 spiro atoms. The van der Waals surface area contributed by atoms with Gasteiger partial charge in [0, 0.05) is 4.47 Å². The van der Waals surface area contributed by atoms with Gasteiger partial charge in [-0.2, -0.15) is 0 Å². The van der Waals surface area contributed by atoms with Crippen molar-refractivity contribution in [1.82, 2.24) is 9.97 Å². The van der Waals surface area contributed by atoms with Crippen LogP contribution in [0.3, 0.4) is 0 Å². The van der Waals surface area contributed by atoms with E-state index in [9.17, 15) is 5.11 Å². The van der Waals surface area contributed by atoms with Crippen molar-refractivity contribution in [3.8, 4) is 5.88 Å². The van der Waals surface area contributed by atoms with Crippen molar-refractivity contribution < 1.29 is 5.11 Å². The van der Waals surface area contributed by atoms with Crippen LogP contribution in [0.5, 0.6) is 5.88 Å². The first kappa shape index (κ1) is 8.72. The summed E-state index contributed by atoms with van der Waals surface area (Å²) in [5.74, 6) is -0.0561. The van der Waals surface area contributed by atoms with Crippen molar-refractivity contribution >= 4 is 38.4 Å². The molecule has 13 heavy (non-hydrogen) atoms. The van der Waals surface area contributed by atoms with Crippen LogP contribution < -0.4 is 0 Å². The van der Waals surface area contributed by atoms with Gasteiger partial charge in [0.05, 0.1) is 15.9 Å². The first-order valence-corrected chi connectivity index (χ1v) is 4.64. The lowest BCUT2D eigenvalue weighted by atomic mass is 10.2. The van der Waals surface area contributed by atoms with Gasteiger partial charge in [0.1, 0.15) is 6.33 Å². The number of hydrogen-bond donors (Lipinski definition) is 1. The molecule has 0 saturated heterocycles. The van der Waals surface area contributed by atoms with Crippen molar-refractivity contribution in [3.63, 3.8) is 0 Å². The van der Waals surface area contributed by atoms with Gasteiger partial charge >= 0.3 is 0 Å². The molecular formula is C8H4BrClN2O. The van der Waals surface area contributed by atoms with Gasteiger partial charge in [0.2, 0.25) is 5.88 Å². The minimum atomic E-state index is -0.0561. The summed E-state index contributed by atoms with van der Waals surface area (Å²) in [6.45, 7) is 0. The van der Waals surface area contributed by atoms with E-state index >= 15 is 0 Å². The Morgan fingerprint density at radius 2 is 2.08 bits per heavy atom. The van der Waals surface area contributed by atoms with Crippen LogP contribution in [0.4, 0.5) is 0 Å². The van der Waals surface area contributed by atoms with Gasteiger partial charge < -0.3 is 5.11 Å². The Balaban J connectivity index is 2.89. The Morgan fingerprint density at radius 1 is 1.31 bits per heavy atom. The smallest absolute Gasteiger partial charge is 0.222 e. The summed E-state index contributed by atoms with van der Waals surface area (Å²) in [7, 11) is 0. The number of aromatic nitrogens is 2. The largest absolute Gasteiger partial charge is 0.493 e. The quantitative estimate of drug-likeness (QED) is 0.791. The van der Waals surface area contributed by atoms with E-state index < -0.39 is 0 Å². The zero-order valence-electron chi connectivity index (χ0n) is 6.33. The fraction of sp³-hybridized carbons (Fsp3) is 0. The first-order valence-electron chi connectivity index (χ1n) is 3.47. The van der Waals surface area contributed by atoms with E-state index in [2.05, 4.69) is 25.9 Å². The number of halogens is 2. The van der Waals surface area contributed by atoms with Crippen LogP contribution in [-0.2, 0) is 0 Å². The Hall–Kier alpha value is -0.870. The maximum absolute atomic E-state index is 9.36. The number of rotatable bonds is 0. The van der Waals surface area contributed by atoms with Gasteiger partial charge in [-0.3, -0.25) is 0 Å². The maximum atomic E-state index is 9.36. The summed E-state index contributed by atoms with van der Waals surface area (Å²) >= 11 is 9.11. The van der Waals surface area contributed by atoms with Crippen LogP contribution in [0.15, 0.2) is 22.9 Å². The van der Waals surface area contributed by atoms with E-state index in [4.69, 9.17) is 11.6 Å². The molecule has 1 aromatic carbocycles. The fourth-order valence-corrected chi connectivity index (χ4v) is 1.53. The average molecular weight is 259 g/mol. The topological polar surface area (TPSA) is 46.0 Å². The molecule has 0 aliphatic carbocycles. The van der Waals surface area contributed by atoms with Crippen LogP contribution in [0.1, 0.15) is 0 Å². The standard InChI is InChI=1S/C8H4BrClN2O/c9-5-2-7-4(1-6(5)10)8(13)12-3-11-7/h1-3H,(H,11,12,13). The Labute approximate surface area is 87.5 Å². The average Bonchev–Trinajstić information content (AvgIpc) is 2.09. The van der Waals surface area contributed by atoms with Crippen molar-refractivity contribution in [2.45, 2.75) is 0 Å². The van der Waals surface area contributed by atoms with Gasteiger partial charge in [-0.05, 0) is 28.1 Å². The second-order valence-electron chi connectivity index (χ2n) is 2.48. The predicted molar refractivity (Wildman–Crippen MR) is 53.9 cm³/mol. The highest BCUT2D eigenvalue weighted by atomic mass is 79.9. The molecule has 0 fully saturated rings. The highest BCUT2D eigenvalue weighted by molar-refractivity contribution is 9.10. The fourth-order valence-electron chi connectivity index (χ4n) is 1.04. The molecule has 0 atom stereocenters. The molecule has 1 heterocycles. The third-order valence-electron chi connectivity index (χ3n) is 1.66. The lowest BCUT2D eigenvalue weighted by molar-refractivity contribution is 0.459. The molecular weight excluding hydrogens is 255 g/mol. The maximum Gasteiger partial charge on any atom is 0.222 e. The van der Waals surface area contributed by atoms with Crippen LogP contribution in [0.2, 0.25) is 5.02 Å². The van der Waals surface area contributed by atoms with E-state index in [0.29, 0.717) is 15.9 Å². The van der Waals surface area contributed by atoms with Crippen molar-refractivity contribution in [3.05, 3.63) is 28.0 Å². The summed E-state index contributed by atoms with van der Waals surface area (Å²) in [6.07, 6.45) is 1.30. The number of benzene rings is 1. The van der Waals surface area contributed by atoms with Crippen LogP contribution in [0.25, 0.3) is 10.9 Å². The molecule has 3 nitrogen and oxygen atoms in total. The third-order valence-corrected chi connectivity index (χ3v) is 2.85. The van der Waals surface area contributed by atoms with Crippen molar-refractivity contribution in [2.24, 2.45) is 0 Å². The van der Waals surface area contributed by atoms with Gasteiger partial charge in [-0.15, -0.1) is 0 Å². The van der Waals surface area contributed by atoms with Gasteiger partial charge in [-0.25, -0.2) is 9.97 Å². The normalized spacial score (nSPS) is 10.6. The van der Waals surface area contributed by atoms with E-state index in [0.717, 1.165) is 4.47 Å². The van der Waals surface area contributed by atoms with E-state index in [1.54, 1.807) is 12.1 Å². The monoisotopic (exact) mass is 258 g/mol. The number of nitrogens with zero attached hydrogens (tertiary/aromatic N) is 2. The Bertz CT molecular complexity index is 475. The molecule has 1 N–H and O–H groups in total. The Morgan fingerprint density at radius 3 is 2.85 bits per heavy atom. The van der Waals surface area contributed by atoms with Crippen molar-refractivity contribution in [2.75, 3.05) is 0 Å². The van der Waals surface area contributed by atoms with Gasteiger partial charge in [-0.1, -0.05) is 11.6 Å². The minimum absolute atomic E-state index is 0.0561. The second kappa shape index (κ2) is 3.12. The van der Waals surface area contributed by atoms with Crippen molar-refractivity contribution in [1.29, 1.82) is 0 Å². The molecule has 0 saturated carbocycles. The first-order chi connectivity index (χ1) is 6.18. The molecule has 0 bridgehead atoms. The second-order valence-corrected chi connectivity index (χ2v) is 3.74. The highest BCUT2D eigenvalue weighted by Crippen LogP contribution is 2.30. The lowest BCUT2D eigenvalue weighted by Crippen LogP contribution is -1.83. The molecule has 1 aromatic heterocycles. The van der Waals surface area contributed by atoms with E-state index in [1.165, 1.54) is 6.33 Å². The third kappa shape index (κ3) is 1.47. The molecule has 0 radical (unpaired) electrons. The number of aromatic hydroxyl groups is 1. The minimum Gasteiger partial charge on any atom is -0.493 e. The summed E-state index contributed by atoms with van der Waals surface area (Å²) in [6, 6.07) is 3.36. The lowest BCUT2D eigenvalue weighted by Gasteiger charge is -2.00. The van der Waals surface area contributed by atoms with Crippen LogP contribution in [-0.4, -0.2) is 15.1 Å². The van der Waals surface area contributed by atoms with Crippen LogP contribution >= 0.6 is 27.5 Å². The summed E-state index contributed by atoms with van der Waals surface area (Å²) in [5.41, 5.74) is 0.656. The zero-order valence-corrected chi connectivity index (χ0v) is 8.67. The molecule has 5 heteroatoms. The number of hydrogen-bond acceptors (Lipinski definition) is 3. The molecule has 2 aromatic rings. The van der Waals surface area contributed by atoms with E-state index in [1.807, 2.05) is 0 Å². The predicted octanol–water partition coefficient (Wildman–Crippen LogP) is 2.75. The molecule has 0 aliphatic rings. The number of fused-ring (bicyclic) bond motifs is 1. The molecule has 0 unspecified atom stereocenters. The van der Waals surface area contributed by atoms with E-state index in [-0.39, 0.29) is 5.88 Å². The summed E-state index contributed by atoms with van der Waals surface area (Å²) in [5, 5.41) is 10.4. The molecule has 0 aliphatic heterocycles. The SMILES string of the molecule is Oc1ncnc2cc(Br)c(Cl)cc12. The zero-order chi connectivity index (χ0) is 9.42. The van der Waals surface area contributed by atoms with Gasteiger partial charge in [0.15, 0.2) is 0 Å². The highest BCUT2D eigenvalue weighted by Gasteiger charge is 2.05. The Kier molecular flexibility index (Phi) is 2.09. The van der Waals surface area contributed by atoms with Crippen LogP contribution in [0, 0.1) is 0 Å². The molecule has 66 valence electrons. The molecule has 0 amide bonds.